The molecule has 4 rings (SSSR count). The quantitative estimate of drug-likeness (QED) is 0.449. The second-order valence-electron chi connectivity index (χ2n) is 7.08. The third kappa shape index (κ3) is 8.15. The number of nitrogens with zero attached hydrogens (tertiary/aromatic N) is 1. The molecule has 1 saturated heterocycles. The summed E-state index contributed by atoms with van der Waals surface area (Å²) in [5.41, 5.74) is 1.32. The van der Waals surface area contributed by atoms with Crippen LogP contribution in [0.4, 0.5) is 17.6 Å². The number of hydrogen-bond donors (Lipinski definition) is 1. The molecular weight excluding hydrogens is 533 g/mol. The maximum atomic E-state index is 13.3. The standard InChI is InChI=1S/C13H15F4NO.C8H7NO.CH3.Cs/c1-9-8-19-3-2-18(9)7-10-4-11(13(15,16)17)6-12(14)5-10;10-8-7-4-2-1-3-6(7)5-9-8;;/h4-6,9H,2-3,7-8H2,1H3;1-4H,5H2,(H,9,10);1H3;/q;;-1;+1. The van der Waals surface area contributed by atoms with Crippen molar-refractivity contribution in [3.05, 3.63) is 78.0 Å². The van der Waals surface area contributed by atoms with Gasteiger partial charge in [0.1, 0.15) is 5.82 Å². The zero-order chi connectivity index (χ0) is 21.0. The van der Waals surface area contributed by atoms with E-state index in [1.165, 1.54) is 0 Å². The first-order valence-electron chi connectivity index (χ1n) is 9.28. The first kappa shape index (κ1) is 28.6. The molecule has 9 heteroatoms. The van der Waals surface area contributed by atoms with E-state index in [-0.39, 0.29) is 88.3 Å². The third-order valence-electron chi connectivity index (χ3n) is 4.88. The Labute approximate surface area is 239 Å². The summed E-state index contributed by atoms with van der Waals surface area (Å²) >= 11 is 0. The molecule has 4 nitrogen and oxygen atoms in total. The second-order valence-corrected chi connectivity index (χ2v) is 7.08. The molecule has 2 aliphatic heterocycles. The summed E-state index contributed by atoms with van der Waals surface area (Å²) in [5.74, 6) is -0.804. The molecule has 1 amide bonds. The van der Waals surface area contributed by atoms with Gasteiger partial charge in [0.05, 0.1) is 18.8 Å². The molecule has 164 valence electrons. The van der Waals surface area contributed by atoms with Gasteiger partial charge in [-0.2, -0.15) is 13.2 Å². The molecule has 2 heterocycles. The summed E-state index contributed by atoms with van der Waals surface area (Å²) in [6.45, 7) is 4.65. The van der Waals surface area contributed by atoms with Crippen molar-refractivity contribution in [3.63, 3.8) is 0 Å². The number of rotatable bonds is 2. The van der Waals surface area contributed by atoms with Crippen LogP contribution in [0.3, 0.4) is 0 Å². The van der Waals surface area contributed by atoms with Crippen LogP contribution >= 0.6 is 0 Å². The van der Waals surface area contributed by atoms with Crippen molar-refractivity contribution in [2.75, 3.05) is 19.8 Å². The van der Waals surface area contributed by atoms with Gasteiger partial charge >= 0.3 is 75.1 Å². The predicted molar refractivity (Wildman–Crippen MR) is 106 cm³/mol. The molecule has 31 heavy (non-hydrogen) atoms. The molecule has 0 saturated carbocycles. The molecule has 0 spiro atoms. The number of fused-ring (bicyclic) bond motifs is 1. The minimum atomic E-state index is -4.52. The van der Waals surface area contributed by atoms with E-state index in [1.807, 2.05) is 36.1 Å². The van der Waals surface area contributed by atoms with E-state index >= 15 is 0 Å². The van der Waals surface area contributed by atoms with Gasteiger partial charge in [0.2, 0.25) is 0 Å². The summed E-state index contributed by atoms with van der Waals surface area (Å²) in [5, 5.41) is 2.75. The van der Waals surface area contributed by atoms with E-state index < -0.39 is 17.6 Å². The molecule has 0 bridgehead atoms. The average Bonchev–Trinajstić information content (AvgIpc) is 3.05. The molecule has 1 unspecified atom stereocenters. The van der Waals surface area contributed by atoms with Crippen LogP contribution in [-0.4, -0.2) is 36.6 Å². The van der Waals surface area contributed by atoms with Gasteiger partial charge in [-0.15, -0.1) is 0 Å². The fraction of sp³-hybridized carbons (Fsp3) is 0.364. The number of amides is 1. The van der Waals surface area contributed by atoms with Gasteiger partial charge in [-0.05, 0) is 42.3 Å². The fourth-order valence-corrected chi connectivity index (χ4v) is 3.30. The predicted octanol–water partition coefficient (Wildman–Crippen LogP) is 1.45. The number of alkyl halides is 3. The molecule has 0 aromatic heterocycles. The Kier molecular flexibility index (Phi) is 11.8. The van der Waals surface area contributed by atoms with Gasteiger partial charge in [0.15, 0.2) is 0 Å². The van der Waals surface area contributed by atoms with Crippen molar-refractivity contribution < 1.29 is 96.0 Å². The SMILES string of the molecule is CC1COCCN1Cc1cc(F)cc(C(F)(F)F)c1.O=C1NCc2ccccc21.[CH3-].[Cs+]. The number of benzene rings is 2. The molecule has 1 N–H and O–H groups in total. The first-order chi connectivity index (χ1) is 13.7. The second kappa shape index (κ2) is 12.7. The Morgan fingerprint density at radius 1 is 1.19 bits per heavy atom. The molecule has 0 radical (unpaired) electrons. The first-order valence-corrected chi connectivity index (χ1v) is 9.28. The molecule has 2 aliphatic rings. The Morgan fingerprint density at radius 3 is 2.55 bits per heavy atom. The maximum Gasteiger partial charge on any atom is 1.00 e. The van der Waals surface area contributed by atoms with Gasteiger partial charge in [-0.3, -0.25) is 9.69 Å². The van der Waals surface area contributed by atoms with Crippen molar-refractivity contribution in [2.24, 2.45) is 0 Å². The van der Waals surface area contributed by atoms with Gasteiger partial charge in [0, 0.05) is 31.2 Å². The smallest absolute Gasteiger partial charge is 0.379 e. The molecule has 2 aromatic rings. The van der Waals surface area contributed by atoms with E-state index in [4.69, 9.17) is 4.74 Å². The molecule has 2 aromatic carbocycles. The monoisotopic (exact) mass is 558 g/mol. The molecule has 1 fully saturated rings. The average molecular weight is 558 g/mol. The third-order valence-corrected chi connectivity index (χ3v) is 4.88. The topological polar surface area (TPSA) is 41.6 Å². The Morgan fingerprint density at radius 2 is 1.90 bits per heavy atom. The zero-order valence-corrected chi connectivity index (χ0v) is 24.2. The van der Waals surface area contributed by atoms with Gasteiger partial charge in [-0.25, -0.2) is 4.39 Å². The van der Waals surface area contributed by atoms with E-state index in [0.717, 1.165) is 23.3 Å². The van der Waals surface area contributed by atoms with E-state index in [2.05, 4.69) is 5.32 Å². The van der Waals surface area contributed by atoms with Gasteiger partial charge in [0.25, 0.3) is 5.91 Å². The summed E-state index contributed by atoms with van der Waals surface area (Å²) in [4.78, 5) is 12.9. The number of ether oxygens (including phenoxy) is 1. The maximum absolute atomic E-state index is 13.3. The van der Waals surface area contributed by atoms with Gasteiger partial charge < -0.3 is 17.5 Å². The minimum Gasteiger partial charge on any atom is -0.379 e. The summed E-state index contributed by atoms with van der Waals surface area (Å²) in [6, 6.07) is 10.4. The largest absolute Gasteiger partial charge is 1.00 e. The summed E-state index contributed by atoms with van der Waals surface area (Å²) in [7, 11) is 0. The number of hydrogen-bond acceptors (Lipinski definition) is 3. The van der Waals surface area contributed by atoms with Crippen molar-refractivity contribution in [1.29, 1.82) is 0 Å². The van der Waals surface area contributed by atoms with Crippen LogP contribution in [0.1, 0.15) is 34.0 Å². The van der Waals surface area contributed by atoms with Gasteiger partial charge in [-0.1, -0.05) is 18.2 Å². The molecular formula is C22H25CsF4N2O2. The Hall–Kier alpha value is -0.398. The summed E-state index contributed by atoms with van der Waals surface area (Å²) in [6.07, 6.45) is -4.52. The fourth-order valence-electron chi connectivity index (χ4n) is 3.30. The summed E-state index contributed by atoms with van der Waals surface area (Å²) < 4.78 is 56.3. The van der Waals surface area contributed by atoms with Crippen LogP contribution in [0.5, 0.6) is 0 Å². The van der Waals surface area contributed by atoms with E-state index in [1.54, 1.807) is 0 Å². The molecule has 1 atom stereocenters. The van der Waals surface area contributed by atoms with Crippen LogP contribution in [0.15, 0.2) is 42.5 Å². The van der Waals surface area contributed by atoms with Crippen LogP contribution in [0.2, 0.25) is 0 Å². The van der Waals surface area contributed by atoms with Crippen LogP contribution < -0.4 is 74.2 Å². The minimum absolute atomic E-state index is 0. The number of nitrogens with one attached hydrogen (secondary N) is 1. The van der Waals surface area contributed by atoms with E-state index in [9.17, 15) is 22.4 Å². The Bertz CT molecular complexity index is 877. The number of carbonyl (C=O) groups is 1. The van der Waals surface area contributed by atoms with Crippen molar-refractivity contribution in [3.8, 4) is 0 Å². The normalized spacial score (nSPS) is 18.0. The van der Waals surface area contributed by atoms with E-state index in [0.29, 0.717) is 44.5 Å². The van der Waals surface area contributed by atoms with Crippen LogP contribution in [-0.2, 0) is 24.0 Å². The number of morpholine rings is 1. The molecule has 0 aliphatic carbocycles. The number of carbonyl (C=O) groups excluding carboxylic acids is 1. The van der Waals surface area contributed by atoms with Crippen LogP contribution in [0.25, 0.3) is 0 Å². The van der Waals surface area contributed by atoms with Crippen molar-refractivity contribution in [2.45, 2.75) is 32.2 Å². The van der Waals surface area contributed by atoms with Crippen LogP contribution in [0, 0.1) is 13.2 Å². The van der Waals surface area contributed by atoms with Crippen molar-refractivity contribution >= 4 is 5.91 Å². The van der Waals surface area contributed by atoms with Crippen molar-refractivity contribution in [1.82, 2.24) is 10.2 Å². The zero-order valence-electron chi connectivity index (χ0n) is 17.9. The number of halogens is 4. The Balaban J connectivity index is 0.000000340.